The highest BCUT2D eigenvalue weighted by atomic mass is 14.9. The van der Waals surface area contributed by atoms with Gasteiger partial charge >= 0.3 is 0 Å². The Kier molecular flexibility index (Phi) is 23.2. The van der Waals surface area contributed by atoms with Crippen molar-refractivity contribution in [1.82, 2.24) is 0 Å². The van der Waals surface area contributed by atoms with Crippen molar-refractivity contribution >= 4 is 0 Å². The summed E-state index contributed by atoms with van der Waals surface area (Å²) in [5, 5.41) is 0. The summed E-state index contributed by atoms with van der Waals surface area (Å²) < 4.78 is 9.45. The van der Waals surface area contributed by atoms with Crippen LogP contribution < -0.4 is 18.3 Å². The molecule has 4 aromatic heterocycles. The Morgan fingerprint density at radius 3 is 1.18 bits per heavy atom. The molecule has 4 nitrogen and oxygen atoms in total. The standard InChI is InChI=1S/C35H44N.3C26H30N/c1-23-8-7-9-27-28-11-10-24(2)33(30(28)21-29(23)27)32-20-25(3)31(22-36(32)6)26-12-14-35(15-13-26)18-16-34(4,5)17-19-35;1-16(2)11-21-15-27(6)25(13-19(21)5)26-18(4)8-10-23-22-9-7-17(3)12-20(22)14-24(23)26;1-16(2)11-21-15-27(6)25(13-19(21)5)26-18(4)8-10-22-23-12-17(3)7-9-20(23)14-24(22)26;1-16(2)12-21-15-27(6)24(13-19(21)5)26-18(4)10-11-22-23(26)14-20-9-7-8-17(3)25(20)22/h7-11,20,22,26H,12-19,21H2,1-6H3;2*7-10,12-13,15-16H,11,14H2,1-6H3;7-11,13,15-16H,12,14H2,1-6H3/q4*+1. The summed E-state index contributed by atoms with van der Waals surface area (Å²) in [6.07, 6.45) is 28.5. The second-order valence-electron chi connectivity index (χ2n) is 39.4. The summed E-state index contributed by atoms with van der Waals surface area (Å²) in [5.74, 6) is 2.75. The van der Waals surface area contributed by atoms with E-state index in [2.05, 4.69) is 355 Å². The van der Waals surface area contributed by atoms with Gasteiger partial charge in [0.2, 0.25) is 22.8 Å². The zero-order valence-electron chi connectivity index (χ0n) is 75.9. The minimum absolute atomic E-state index is 0.568. The predicted molar refractivity (Wildman–Crippen MR) is 494 cm³/mol. The van der Waals surface area contributed by atoms with Crippen LogP contribution in [0.25, 0.3) is 89.5 Å². The number of pyridine rings is 4. The molecular formula is C113H134N4+4. The van der Waals surface area contributed by atoms with Gasteiger partial charge in [0, 0.05) is 46.5 Å². The predicted octanol–water partition coefficient (Wildman–Crippen LogP) is 26.5. The maximum absolute atomic E-state index is 2.50. The van der Waals surface area contributed by atoms with Gasteiger partial charge in [-0.25, -0.2) is 18.3 Å². The van der Waals surface area contributed by atoms with Crippen LogP contribution in [-0.2, 0) is 73.1 Å². The van der Waals surface area contributed by atoms with Crippen LogP contribution in [0.3, 0.4) is 0 Å². The Morgan fingerprint density at radius 2 is 0.675 bits per heavy atom. The number of rotatable bonds is 11. The van der Waals surface area contributed by atoms with E-state index >= 15 is 0 Å². The molecule has 2 fully saturated rings. The van der Waals surface area contributed by atoms with Gasteiger partial charge in [-0.2, -0.15) is 0 Å². The third kappa shape index (κ3) is 16.3. The van der Waals surface area contributed by atoms with E-state index in [1.54, 1.807) is 5.56 Å². The van der Waals surface area contributed by atoms with Gasteiger partial charge in [-0.1, -0.05) is 188 Å². The van der Waals surface area contributed by atoms with E-state index in [1.165, 1.54) is 269 Å². The van der Waals surface area contributed by atoms with Crippen LogP contribution in [0.5, 0.6) is 0 Å². The molecule has 8 aromatic carbocycles. The average Bonchev–Trinajstić information content (AvgIpc) is 1.61. The summed E-state index contributed by atoms with van der Waals surface area (Å²) in [6, 6.07) is 55.5. The maximum atomic E-state index is 2.50. The monoisotopic (exact) mass is 1550 g/mol. The third-order valence-corrected chi connectivity index (χ3v) is 28.3. The first-order valence-electron chi connectivity index (χ1n) is 44.6. The summed E-state index contributed by atoms with van der Waals surface area (Å²) in [5.41, 5.74) is 58.2. The number of aryl methyl sites for hydroxylation is 16. The van der Waals surface area contributed by atoms with E-state index in [0.717, 1.165) is 50.9 Å². The average molecular weight is 1550 g/mol. The molecule has 602 valence electrons. The number of aromatic nitrogens is 4. The zero-order chi connectivity index (χ0) is 83.1. The number of benzene rings is 8. The Morgan fingerprint density at radius 1 is 0.299 bits per heavy atom. The Labute approximate surface area is 704 Å². The zero-order valence-corrected chi connectivity index (χ0v) is 75.9. The molecule has 0 atom stereocenters. The minimum Gasteiger partial charge on any atom is -0.201 e. The lowest BCUT2D eigenvalue weighted by atomic mass is 9.58. The molecule has 0 amide bonds. The first kappa shape index (κ1) is 82.5. The number of fused-ring (bicyclic) bond motifs is 12. The molecule has 4 heteroatoms. The van der Waals surface area contributed by atoms with E-state index in [4.69, 9.17) is 0 Å². The highest BCUT2D eigenvalue weighted by Gasteiger charge is 2.42. The van der Waals surface area contributed by atoms with Crippen LogP contribution in [-0.4, -0.2) is 0 Å². The van der Waals surface area contributed by atoms with Gasteiger partial charge in [0.05, 0.1) is 22.3 Å². The highest BCUT2D eigenvalue weighted by Crippen LogP contribution is 2.56. The fourth-order valence-electron chi connectivity index (χ4n) is 21.7. The normalized spacial score (nSPS) is 14.9. The smallest absolute Gasteiger partial charge is 0.201 e. The summed E-state index contributed by atoms with van der Waals surface area (Å²) in [6.45, 7) is 45.8. The summed E-state index contributed by atoms with van der Waals surface area (Å²) in [7, 11) is 8.87. The van der Waals surface area contributed by atoms with Gasteiger partial charge in [0.1, 0.15) is 28.2 Å². The molecule has 6 aliphatic carbocycles. The molecule has 0 saturated heterocycles. The fourth-order valence-corrected chi connectivity index (χ4v) is 21.7. The molecule has 18 rings (SSSR count). The summed E-state index contributed by atoms with van der Waals surface area (Å²) >= 11 is 0. The van der Waals surface area contributed by atoms with Crippen LogP contribution in [0.2, 0.25) is 0 Å². The van der Waals surface area contributed by atoms with Gasteiger partial charge in [0.15, 0.2) is 24.8 Å². The van der Waals surface area contributed by atoms with Gasteiger partial charge in [-0.15, -0.1) is 0 Å². The molecule has 117 heavy (non-hydrogen) atoms. The SMILES string of the molecule is Cc1cc(-c2c(C)ccc3c2Cc2c(C)cccc2-3)[n+](C)cc1C1CCC2(CC1)CCC(C)(C)CC2.Cc1cc(-c2c(C)ccc3c2Cc2cccc(C)c2-3)[n+](C)cc1CC(C)C.Cc1ccc2c(c1)-c1ccc(C)c(-c3cc(C)c(CC(C)C)c[n+]3C)c1C2.Cc1ccc2c(c1)Cc1c-2ccc(C)c1-c1cc(C)c(CC(C)C)c[n+]1C. The van der Waals surface area contributed by atoms with Crippen LogP contribution in [0, 0.1) is 112 Å². The van der Waals surface area contributed by atoms with Crippen molar-refractivity contribution in [2.24, 2.45) is 56.8 Å². The molecule has 12 aromatic rings. The Bertz CT molecular complexity index is 5880. The topological polar surface area (TPSA) is 15.5 Å². The van der Waals surface area contributed by atoms with Gasteiger partial charge in [-0.05, 0) is 359 Å². The maximum Gasteiger partial charge on any atom is 0.213 e. The van der Waals surface area contributed by atoms with Crippen LogP contribution >= 0.6 is 0 Å². The lowest BCUT2D eigenvalue weighted by Crippen LogP contribution is -2.36. The van der Waals surface area contributed by atoms with Crippen molar-refractivity contribution in [3.63, 3.8) is 0 Å². The Balaban J connectivity index is 0.000000123. The molecule has 6 aliphatic rings. The molecule has 2 saturated carbocycles. The van der Waals surface area contributed by atoms with E-state index in [-0.39, 0.29) is 0 Å². The Hall–Kier alpha value is -9.64. The molecule has 0 N–H and O–H groups in total. The lowest BCUT2D eigenvalue weighted by Gasteiger charge is -2.47. The van der Waals surface area contributed by atoms with E-state index in [0.29, 0.717) is 28.6 Å². The van der Waals surface area contributed by atoms with Gasteiger partial charge in [0.25, 0.3) is 0 Å². The number of nitrogens with zero attached hydrogens (tertiary/aromatic N) is 4. The molecule has 1 spiro atoms. The van der Waals surface area contributed by atoms with Gasteiger partial charge < -0.3 is 0 Å². The largest absolute Gasteiger partial charge is 0.213 e. The van der Waals surface area contributed by atoms with E-state index < -0.39 is 0 Å². The first-order chi connectivity index (χ1) is 55.7. The number of hydrogen-bond donors (Lipinski definition) is 0. The quantitative estimate of drug-likeness (QED) is 0.115. The lowest BCUT2D eigenvalue weighted by molar-refractivity contribution is -0.661. The minimum atomic E-state index is 0.568. The molecule has 0 aliphatic heterocycles. The van der Waals surface area contributed by atoms with Crippen LogP contribution in [0.1, 0.15) is 246 Å². The molecule has 0 unspecified atom stereocenters. The summed E-state index contributed by atoms with van der Waals surface area (Å²) in [4.78, 5) is 0. The second kappa shape index (κ2) is 32.9. The van der Waals surface area contributed by atoms with Crippen LogP contribution in [0.4, 0.5) is 0 Å². The van der Waals surface area contributed by atoms with E-state index in [9.17, 15) is 0 Å². The van der Waals surface area contributed by atoms with Gasteiger partial charge in [-0.3, -0.25) is 0 Å². The highest BCUT2D eigenvalue weighted by molar-refractivity contribution is 5.90. The molecule has 0 radical (unpaired) electrons. The van der Waals surface area contributed by atoms with Crippen molar-refractivity contribution in [2.45, 2.75) is 241 Å². The number of hydrogen-bond acceptors (Lipinski definition) is 0. The van der Waals surface area contributed by atoms with E-state index in [1.807, 2.05) is 0 Å². The van der Waals surface area contributed by atoms with Crippen LogP contribution in [0.15, 0.2) is 170 Å². The van der Waals surface area contributed by atoms with Crippen molar-refractivity contribution in [3.05, 3.63) is 304 Å². The third-order valence-electron chi connectivity index (χ3n) is 28.3. The first-order valence-corrected chi connectivity index (χ1v) is 44.6. The van der Waals surface area contributed by atoms with Crippen molar-refractivity contribution in [2.75, 3.05) is 0 Å². The molecule has 4 heterocycles. The van der Waals surface area contributed by atoms with Crippen molar-refractivity contribution < 1.29 is 18.3 Å². The second-order valence-corrected chi connectivity index (χ2v) is 39.4. The fraction of sp³-hybridized carbons (Fsp3) is 0.398. The van der Waals surface area contributed by atoms with Crippen molar-refractivity contribution in [3.8, 4) is 89.5 Å². The molecular weight excluding hydrogens is 1410 g/mol. The molecule has 0 bridgehead atoms. The van der Waals surface area contributed by atoms with Crippen molar-refractivity contribution in [1.29, 1.82) is 0 Å².